The molecular formula is C11H14N2SSi. The van der Waals surface area contributed by atoms with Crippen LogP contribution in [0.5, 0.6) is 0 Å². The molecule has 2 rings (SSSR count). The fourth-order valence-corrected chi connectivity index (χ4v) is 4.34. The molecular weight excluding hydrogens is 220 g/mol. The van der Waals surface area contributed by atoms with Crippen molar-refractivity contribution < 1.29 is 0 Å². The maximum Gasteiger partial charge on any atom is 0.106 e. The fraction of sp³-hybridized carbons (Fsp3) is 0.273. The molecule has 78 valence electrons. The Morgan fingerprint density at radius 3 is 2.33 bits per heavy atom. The number of hydrogen-bond donors (Lipinski definition) is 0. The summed E-state index contributed by atoms with van der Waals surface area (Å²) in [5.41, 5.74) is 1.24. The standard InChI is InChI=1S/C11H14N2SSi/c1-15(2,3)11-10(14-13-12-11)9-7-5-4-6-8-9/h4-8H,1-3H3. The number of aromatic nitrogens is 2. The molecule has 0 fully saturated rings. The second-order valence-corrected chi connectivity index (χ2v) is 10.3. The number of benzene rings is 1. The van der Waals surface area contributed by atoms with Gasteiger partial charge < -0.3 is 0 Å². The molecule has 0 aliphatic rings. The van der Waals surface area contributed by atoms with Crippen molar-refractivity contribution in [3.8, 4) is 10.4 Å². The summed E-state index contributed by atoms with van der Waals surface area (Å²) in [6, 6.07) is 10.4. The fourth-order valence-electron chi connectivity index (χ4n) is 1.46. The second kappa shape index (κ2) is 3.87. The molecule has 0 saturated heterocycles. The van der Waals surface area contributed by atoms with Crippen molar-refractivity contribution in [2.75, 3.05) is 0 Å². The SMILES string of the molecule is C[Si](C)(C)c1nnsc1-c1ccccc1. The van der Waals surface area contributed by atoms with Crippen LogP contribution >= 0.6 is 11.5 Å². The highest BCUT2D eigenvalue weighted by Gasteiger charge is 2.24. The Morgan fingerprint density at radius 1 is 1.07 bits per heavy atom. The van der Waals surface area contributed by atoms with E-state index in [2.05, 4.69) is 53.5 Å². The predicted octanol–water partition coefficient (Wildman–Crippen LogP) is 2.75. The number of nitrogens with zero attached hydrogens (tertiary/aromatic N) is 2. The Bertz CT molecular complexity index is 445. The third kappa shape index (κ3) is 2.16. The Hall–Kier alpha value is -1.00. The van der Waals surface area contributed by atoms with E-state index in [4.69, 9.17) is 0 Å². The molecule has 0 atom stereocenters. The molecule has 0 aliphatic carbocycles. The van der Waals surface area contributed by atoms with E-state index in [1.165, 1.54) is 27.3 Å². The molecule has 0 saturated carbocycles. The normalized spacial score (nSPS) is 11.7. The lowest BCUT2D eigenvalue weighted by Gasteiger charge is -2.13. The molecule has 0 radical (unpaired) electrons. The Balaban J connectivity index is 2.51. The largest absolute Gasteiger partial charge is 0.147 e. The average molecular weight is 234 g/mol. The van der Waals surface area contributed by atoms with E-state index in [-0.39, 0.29) is 0 Å². The minimum absolute atomic E-state index is 1.22. The summed E-state index contributed by atoms with van der Waals surface area (Å²) < 4.78 is 4.09. The van der Waals surface area contributed by atoms with Gasteiger partial charge in [-0.2, -0.15) is 0 Å². The zero-order valence-corrected chi connectivity index (χ0v) is 11.0. The molecule has 2 nitrogen and oxygen atoms in total. The van der Waals surface area contributed by atoms with Crippen molar-refractivity contribution in [2.24, 2.45) is 0 Å². The van der Waals surface area contributed by atoms with Gasteiger partial charge in [-0.05, 0) is 17.1 Å². The molecule has 0 aliphatic heterocycles. The molecule has 0 amide bonds. The molecule has 0 unspecified atom stereocenters. The molecule has 0 bridgehead atoms. The smallest absolute Gasteiger partial charge is 0.106 e. The van der Waals surface area contributed by atoms with Gasteiger partial charge in [-0.25, -0.2) is 0 Å². The summed E-state index contributed by atoms with van der Waals surface area (Å²) in [4.78, 5) is 1.25. The summed E-state index contributed by atoms with van der Waals surface area (Å²) in [6.07, 6.45) is 0. The van der Waals surface area contributed by atoms with Crippen LogP contribution in [0.15, 0.2) is 30.3 Å². The van der Waals surface area contributed by atoms with Gasteiger partial charge in [0.05, 0.1) is 10.2 Å². The predicted molar refractivity (Wildman–Crippen MR) is 68.3 cm³/mol. The maximum atomic E-state index is 4.29. The summed E-state index contributed by atoms with van der Waals surface area (Å²) >= 11 is 1.50. The molecule has 4 heteroatoms. The highest BCUT2D eigenvalue weighted by molar-refractivity contribution is 7.12. The molecule has 1 heterocycles. The summed E-state index contributed by atoms with van der Waals surface area (Å²) in [5, 5.41) is 5.52. The van der Waals surface area contributed by atoms with Crippen LogP contribution in [0.4, 0.5) is 0 Å². The lowest BCUT2D eigenvalue weighted by molar-refractivity contribution is 1.18. The third-order valence-corrected chi connectivity index (χ3v) is 4.96. The molecule has 15 heavy (non-hydrogen) atoms. The Morgan fingerprint density at radius 2 is 1.73 bits per heavy atom. The van der Waals surface area contributed by atoms with Gasteiger partial charge in [0.15, 0.2) is 0 Å². The highest BCUT2D eigenvalue weighted by Crippen LogP contribution is 2.22. The topological polar surface area (TPSA) is 25.8 Å². The van der Waals surface area contributed by atoms with E-state index < -0.39 is 8.07 Å². The number of hydrogen-bond acceptors (Lipinski definition) is 3. The van der Waals surface area contributed by atoms with Crippen molar-refractivity contribution in [2.45, 2.75) is 19.6 Å². The summed E-state index contributed by atoms with van der Waals surface area (Å²) in [5.74, 6) is 0. The van der Waals surface area contributed by atoms with E-state index in [1.54, 1.807) is 0 Å². The minimum atomic E-state index is -1.37. The van der Waals surface area contributed by atoms with E-state index >= 15 is 0 Å². The third-order valence-electron chi connectivity index (χ3n) is 2.23. The summed E-state index contributed by atoms with van der Waals surface area (Å²) in [6.45, 7) is 6.91. The zero-order chi connectivity index (χ0) is 10.9. The maximum absolute atomic E-state index is 4.29. The van der Waals surface area contributed by atoms with Crippen LogP contribution in [-0.4, -0.2) is 17.7 Å². The van der Waals surface area contributed by atoms with Gasteiger partial charge in [0, 0.05) is 0 Å². The van der Waals surface area contributed by atoms with Crippen molar-refractivity contribution in [3.63, 3.8) is 0 Å². The van der Waals surface area contributed by atoms with Gasteiger partial charge in [0.25, 0.3) is 0 Å². The van der Waals surface area contributed by atoms with Gasteiger partial charge in [-0.15, -0.1) is 5.10 Å². The molecule has 0 N–H and O–H groups in total. The van der Waals surface area contributed by atoms with Crippen LogP contribution in [0, 0.1) is 0 Å². The van der Waals surface area contributed by atoms with Crippen LogP contribution in [0.25, 0.3) is 10.4 Å². The van der Waals surface area contributed by atoms with E-state index in [1.807, 2.05) is 6.07 Å². The van der Waals surface area contributed by atoms with Crippen LogP contribution in [-0.2, 0) is 0 Å². The van der Waals surface area contributed by atoms with Crippen LogP contribution in [0.1, 0.15) is 0 Å². The first-order valence-corrected chi connectivity index (χ1v) is 9.24. The van der Waals surface area contributed by atoms with E-state index in [0.717, 1.165) is 0 Å². The van der Waals surface area contributed by atoms with Crippen molar-refractivity contribution in [1.82, 2.24) is 9.59 Å². The van der Waals surface area contributed by atoms with Gasteiger partial charge in [-0.3, -0.25) is 0 Å². The van der Waals surface area contributed by atoms with Crippen molar-refractivity contribution in [3.05, 3.63) is 30.3 Å². The van der Waals surface area contributed by atoms with E-state index in [0.29, 0.717) is 0 Å². The monoisotopic (exact) mass is 234 g/mol. The van der Waals surface area contributed by atoms with Gasteiger partial charge in [0.2, 0.25) is 0 Å². The van der Waals surface area contributed by atoms with Gasteiger partial charge >= 0.3 is 0 Å². The highest BCUT2D eigenvalue weighted by atomic mass is 32.1. The average Bonchev–Trinajstić information content (AvgIpc) is 2.67. The van der Waals surface area contributed by atoms with Crippen LogP contribution in [0.3, 0.4) is 0 Å². The lowest BCUT2D eigenvalue weighted by Crippen LogP contribution is -2.39. The lowest BCUT2D eigenvalue weighted by atomic mass is 10.2. The van der Waals surface area contributed by atoms with E-state index in [9.17, 15) is 0 Å². The quantitative estimate of drug-likeness (QED) is 0.747. The first kappa shape index (κ1) is 10.5. The van der Waals surface area contributed by atoms with Gasteiger partial charge in [-0.1, -0.05) is 54.5 Å². The first-order valence-electron chi connectivity index (χ1n) is 4.97. The molecule has 1 aromatic heterocycles. The van der Waals surface area contributed by atoms with Crippen LogP contribution in [0.2, 0.25) is 19.6 Å². The van der Waals surface area contributed by atoms with Crippen molar-refractivity contribution in [1.29, 1.82) is 0 Å². The molecule has 2 aromatic rings. The van der Waals surface area contributed by atoms with Crippen LogP contribution < -0.4 is 5.32 Å². The van der Waals surface area contributed by atoms with Crippen molar-refractivity contribution >= 4 is 24.9 Å². The minimum Gasteiger partial charge on any atom is -0.147 e. The molecule has 0 spiro atoms. The zero-order valence-electron chi connectivity index (χ0n) is 9.19. The number of rotatable bonds is 2. The molecule has 1 aromatic carbocycles. The second-order valence-electron chi connectivity index (χ2n) is 4.57. The Labute approximate surface area is 95.2 Å². The summed E-state index contributed by atoms with van der Waals surface area (Å²) in [7, 11) is -1.37. The van der Waals surface area contributed by atoms with Gasteiger partial charge in [0.1, 0.15) is 8.07 Å². The first-order chi connectivity index (χ1) is 7.09. The Kier molecular flexibility index (Phi) is 2.71.